The van der Waals surface area contributed by atoms with Crippen LogP contribution in [-0.4, -0.2) is 38.1 Å². The first kappa shape index (κ1) is 13.9. The molecule has 0 aromatic heterocycles. The summed E-state index contributed by atoms with van der Waals surface area (Å²) in [5.74, 6) is 0.386. The van der Waals surface area contributed by atoms with E-state index in [1.807, 2.05) is 24.3 Å². The van der Waals surface area contributed by atoms with Gasteiger partial charge in [0.1, 0.15) is 0 Å². The molecular weight excluding hydrogens is 268 g/mol. The molecule has 2 aliphatic heterocycles. The van der Waals surface area contributed by atoms with Gasteiger partial charge in [0.25, 0.3) is 0 Å². The van der Waals surface area contributed by atoms with Gasteiger partial charge < -0.3 is 16.0 Å². The van der Waals surface area contributed by atoms with Crippen LogP contribution in [-0.2, 0) is 4.79 Å². The molecule has 6 nitrogen and oxygen atoms in total. The molecule has 0 unspecified atom stereocenters. The number of urea groups is 1. The Morgan fingerprint density at radius 3 is 2.90 bits per heavy atom. The molecule has 21 heavy (non-hydrogen) atoms. The maximum atomic E-state index is 12.3. The average molecular weight is 288 g/mol. The van der Waals surface area contributed by atoms with E-state index in [1.165, 1.54) is 0 Å². The summed E-state index contributed by atoms with van der Waals surface area (Å²) in [7, 11) is 0. The largest absolute Gasteiger partial charge is 0.336 e. The van der Waals surface area contributed by atoms with E-state index in [1.54, 1.807) is 4.90 Å². The van der Waals surface area contributed by atoms with Crippen LogP contribution >= 0.6 is 0 Å². The minimum atomic E-state index is -0.0907. The Bertz CT molecular complexity index is 560. The molecule has 2 atom stereocenters. The summed E-state index contributed by atoms with van der Waals surface area (Å²) in [5.41, 5.74) is 1.54. The number of anilines is 2. The van der Waals surface area contributed by atoms with Crippen molar-refractivity contribution in [2.45, 2.75) is 6.92 Å². The number of carbonyl (C=O) groups excluding carboxylic acids is 2. The maximum Gasteiger partial charge on any atom is 0.321 e. The summed E-state index contributed by atoms with van der Waals surface area (Å²) in [6.45, 7) is 4.99. The fourth-order valence-electron chi connectivity index (χ4n) is 2.87. The maximum absolute atomic E-state index is 12.3. The second-order valence-electron chi connectivity index (χ2n) is 5.67. The van der Waals surface area contributed by atoms with Crippen molar-refractivity contribution in [2.24, 2.45) is 11.8 Å². The van der Waals surface area contributed by atoms with Gasteiger partial charge in [0.05, 0.1) is 5.92 Å². The minimum Gasteiger partial charge on any atom is -0.336 e. The van der Waals surface area contributed by atoms with Gasteiger partial charge in [-0.3, -0.25) is 9.69 Å². The molecule has 3 N–H and O–H groups in total. The molecule has 0 spiro atoms. The van der Waals surface area contributed by atoms with Crippen LogP contribution in [0.2, 0.25) is 0 Å². The van der Waals surface area contributed by atoms with Gasteiger partial charge in [-0.15, -0.1) is 0 Å². The summed E-state index contributed by atoms with van der Waals surface area (Å²) in [6, 6.07) is 7.33. The molecule has 0 bridgehead atoms. The third-order valence-corrected chi connectivity index (χ3v) is 4.14. The quantitative estimate of drug-likeness (QED) is 0.777. The van der Waals surface area contributed by atoms with Crippen molar-refractivity contribution in [3.8, 4) is 0 Å². The molecule has 6 heteroatoms. The Morgan fingerprint density at radius 2 is 2.24 bits per heavy atom. The molecule has 1 aromatic carbocycles. The first-order valence-electron chi connectivity index (χ1n) is 7.32. The summed E-state index contributed by atoms with van der Waals surface area (Å²) in [6.07, 6.45) is 0. The highest BCUT2D eigenvalue weighted by atomic mass is 16.2. The number of hydrogen-bond donors (Lipinski definition) is 3. The molecule has 2 aliphatic rings. The Hall–Kier alpha value is -2.08. The Balaban J connectivity index is 1.71. The molecule has 2 saturated heterocycles. The number of carbonyl (C=O) groups is 2. The Kier molecular flexibility index (Phi) is 3.79. The third-order valence-electron chi connectivity index (χ3n) is 4.14. The number of rotatable bonds is 3. The third kappa shape index (κ3) is 2.85. The summed E-state index contributed by atoms with van der Waals surface area (Å²) in [4.78, 5) is 25.6. The highest BCUT2D eigenvalue weighted by Crippen LogP contribution is 2.23. The fraction of sp³-hybridized carbons (Fsp3) is 0.467. The molecular formula is C15H20N4O2. The van der Waals surface area contributed by atoms with Crippen molar-refractivity contribution in [2.75, 3.05) is 36.4 Å². The second kappa shape index (κ2) is 5.73. The van der Waals surface area contributed by atoms with Crippen LogP contribution in [0.15, 0.2) is 24.3 Å². The zero-order valence-electron chi connectivity index (χ0n) is 12.1. The molecule has 0 aliphatic carbocycles. The van der Waals surface area contributed by atoms with Crippen molar-refractivity contribution < 1.29 is 9.59 Å². The monoisotopic (exact) mass is 288 g/mol. The van der Waals surface area contributed by atoms with Crippen LogP contribution in [0.5, 0.6) is 0 Å². The van der Waals surface area contributed by atoms with E-state index in [-0.39, 0.29) is 17.9 Å². The van der Waals surface area contributed by atoms with Gasteiger partial charge in [0.2, 0.25) is 5.91 Å². The summed E-state index contributed by atoms with van der Waals surface area (Å²) >= 11 is 0. The van der Waals surface area contributed by atoms with Crippen LogP contribution in [0.1, 0.15) is 6.92 Å². The summed E-state index contributed by atoms with van der Waals surface area (Å²) in [5, 5.41) is 8.95. The Labute approximate surface area is 123 Å². The van der Waals surface area contributed by atoms with Gasteiger partial charge in [-0.05, 0) is 30.7 Å². The van der Waals surface area contributed by atoms with Gasteiger partial charge >= 0.3 is 6.03 Å². The molecule has 0 radical (unpaired) electrons. The predicted octanol–water partition coefficient (Wildman–Crippen LogP) is 1.01. The SMILES string of the molecule is C[C@@H]1CNC[C@H]1C(=O)Nc1cccc(N2CCNC2=O)c1. The van der Waals surface area contributed by atoms with E-state index >= 15 is 0 Å². The molecule has 3 rings (SSSR count). The van der Waals surface area contributed by atoms with E-state index in [0.29, 0.717) is 19.0 Å². The summed E-state index contributed by atoms with van der Waals surface area (Å²) < 4.78 is 0. The smallest absolute Gasteiger partial charge is 0.321 e. The highest BCUT2D eigenvalue weighted by molar-refractivity contribution is 5.96. The topological polar surface area (TPSA) is 73.5 Å². The average Bonchev–Trinajstić information content (AvgIpc) is 3.07. The number of nitrogens with zero attached hydrogens (tertiary/aromatic N) is 1. The van der Waals surface area contributed by atoms with Crippen LogP contribution in [0.4, 0.5) is 16.2 Å². The van der Waals surface area contributed by atoms with Gasteiger partial charge in [-0.25, -0.2) is 4.79 Å². The lowest BCUT2D eigenvalue weighted by atomic mass is 9.97. The molecule has 2 fully saturated rings. The molecule has 2 heterocycles. The first-order valence-corrected chi connectivity index (χ1v) is 7.32. The standard InChI is InChI=1S/C15H20N4O2/c1-10-8-16-9-13(10)14(20)18-11-3-2-4-12(7-11)19-6-5-17-15(19)21/h2-4,7,10,13,16H,5-6,8-9H2,1H3,(H,17,21)(H,18,20)/t10-,13-/m1/s1. The van der Waals surface area contributed by atoms with Crippen molar-refractivity contribution in [3.05, 3.63) is 24.3 Å². The number of benzene rings is 1. The van der Waals surface area contributed by atoms with E-state index in [0.717, 1.165) is 24.5 Å². The molecule has 1 aromatic rings. The zero-order valence-corrected chi connectivity index (χ0v) is 12.1. The van der Waals surface area contributed by atoms with Gasteiger partial charge in [-0.2, -0.15) is 0 Å². The number of nitrogens with one attached hydrogen (secondary N) is 3. The van der Waals surface area contributed by atoms with E-state index < -0.39 is 0 Å². The van der Waals surface area contributed by atoms with Gasteiger partial charge in [0, 0.05) is 31.0 Å². The van der Waals surface area contributed by atoms with Crippen molar-refractivity contribution in [1.82, 2.24) is 10.6 Å². The minimum absolute atomic E-state index is 0.00346. The molecule has 112 valence electrons. The van der Waals surface area contributed by atoms with Crippen LogP contribution in [0, 0.1) is 11.8 Å². The fourth-order valence-corrected chi connectivity index (χ4v) is 2.87. The lowest BCUT2D eigenvalue weighted by Gasteiger charge is -2.17. The predicted molar refractivity (Wildman–Crippen MR) is 81.3 cm³/mol. The first-order chi connectivity index (χ1) is 10.1. The lowest BCUT2D eigenvalue weighted by molar-refractivity contribution is -0.120. The van der Waals surface area contributed by atoms with Crippen molar-refractivity contribution in [3.63, 3.8) is 0 Å². The Morgan fingerprint density at radius 1 is 1.38 bits per heavy atom. The number of amides is 3. The second-order valence-corrected chi connectivity index (χ2v) is 5.67. The normalized spacial score (nSPS) is 25.0. The van der Waals surface area contributed by atoms with E-state index in [4.69, 9.17) is 0 Å². The molecule has 3 amide bonds. The van der Waals surface area contributed by atoms with Gasteiger partial charge in [-0.1, -0.05) is 13.0 Å². The van der Waals surface area contributed by atoms with Crippen LogP contribution < -0.4 is 20.9 Å². The highest BCUT2D eigenvalue weighted by Gasteiger charge is 2.29. The van der Waals surface area contributed by atoms with Gasteiger partial charge in [0.15, 0.2) is 0 Å². The number of hydrogen-bond acceptors (Lipinski definition) is 3. The van der Waals surface area contributed by atoms with E-state index in [9.17, 15) is 9.59 Å². The van der Waals surface area contributed by atoms with Crippen LogP contribution in [0.25, 0.3) is 0 Å². The van der Waals surface area contributed by atoms with E-state index in [2.05, 4.69) is 22.9 Å². The van der Waals surface area contributed by atoms with Crippen molar-refractivity contribution >= 4 is 23.3 Å². The zero-order chi connectivity index (χ0) is 14.8. The lowest BCUT2D eigenvalue weighted by Crippen LogP contribution is -2.29. The molecule has 0 saturated carbocycles. The van der Waals surface area contributed by atoms with Crippen LogP contribution in [0.3, 0.4) is 0 Å². The van der Waals surface area contributed by atoms with Crippen molar-refractivity contribution in [1.29, 1.82) is 0 Å².